The third-order valence-electron chi connectivity index (χ3n) is 4.11. The lowest BCUT2D eigenvalue weighted by molar-refractivity contribution is -0.123. The van der Waals surface area contributed by atoms with E-state index in [2.05, 4.69) is 10.6 Å². The summed E-state index contributed by atoms with van der Waals surface area (Å²) in [5.41, 5.74) is 2.74. The first kappa shape index (κ1) is 18.7. The summed E-state index contributed by atoms with van der Waals surface area (Å²) in [4.78, 5) is 24.3. The number of anilines is 1. The molecule has 0 unspecified atom stereocenters. The average molecular weight is 338 g/mol. The molecule has 2 aromatic carbocycles. The number of amides is 2. The number of benzene rings is 2. The molecule has 4 heteroatoms. The van der Waals surface area contributed by atoms with Crippen molar-refractivity contribution < 1.29 is 9.59 Å². The van der Waals surface area contributed by atoms with Gasteiger partial charge in [-0.2, -0.15) is 0 Å². The van der Waals surface area contributed by atoms with Crippen LogP contribution in [-0.4, -0.2) is 11.8 Å². The molecule has 2 aromatic rings. The summed E-state index contributed by atoms with van der Waals surface area (Å²) in [7, 11) is 0. The fourth-order valence-corrected chi connectivity index (χ4v) is 2.62. The van der Waals surface area contributed by atoms with Crippen LogP contribution in [0.15, 0.2) is 54.6 Å². The van der Waals surface area contributed by atoms with Crippen LogP contribution in [0, 0.1) is 5.92 Å². The van der Waals surface area contributed by atoms with E-state index in [4.69, 9.17) is 0 Å². The van der Waals surface area contributed by atoms with Crippen molar-refractivity contribution in [1.82, 2.24) is 5.32 Å². The van der Waals surface area contributed by atoms with Crippen molar-refractivity contribution in [3.63, 3.8) is 0 Å². The zero-order valence-corrected chi connectivity index (χ0v) is 15.1. The van der Waals surface area contributed by atoms with E-state index < -0.39 is 0 Å². The lowest BCUT2D eigenvalue weighted by Crippen LogP contribution is -2.28. The highest BCUT2D eigenvalue weighted by atomic mass is 16.2. The van der Waals surface area contributed by atoms with E-state index in [9.17, 15) is 9.59 Å². The molecule has 2 rings (SSSR count). The summed E-state index contributed by atoms with van der Waals surface area (Å²) in [6, 6.07) is 17.4. The van der Waals surface area contributed by atoms with Gasteiger partial charge in [0.05, 0.1) is 5.92 Å². The van der Waals surface area contributed by atoms with E-state index in [-0.39, 0.29) is 23.7 Å². The molecule has 0 saturated heterocycles. The Balaban J connectivity index is 1.98. The Kier molecular flexibility index (Phi) is 6.75. The first-order chi connectivity index (χ1) is 12.0. The molecule has 0 fully saturated rings. The van der Waals surface area contributed by atoms with Crippen LogP contribution in [0.25, 0.3) is 0 Å². The number of hydrogen-bond acceptors (Lipinski definition) is 2. The predicted molar refractivity (Wildman–Crippen MR) is 101 cm³/mol. The molecule has 2 N–H and O–H groups in total. The number of rotatable bonds is 7. The van der Waals surface area contributed by atoms with Gasteiger partial charge in [-0.25, -0.2) is 0 Å². The predicted octanol–water partition coefficient (Wildman–Crippen LogP) is 4.09. The van der Waals surface area contributed by atoms with Crippen molar-refractivity contribution in [3.05, 3.63) is 65.7 Å². The summed E-state index contributed by atoms with van der Waals surface area (Å²) in [6.07, 6.45) is 0.750. The molecular weight excluding hydrogens is 312 g/mol. The summed E-state index contributed by atoms with van der Waals surface area (Å²) in [5, 5.41) is 5.88. The van der Waals surface area contributed by atoms with E-state index in [1.54, 1.807) is 0 Å². The van der Waals surface area contributed by atoms with Crippen LogP contribution in [0.5, 0.6) is 0 Å². The molecule has 25 heavy (non-hydrogen) atoms. The van der Waals surface area contributed by atoms with Crippen LogP contribution in [0.4, 0.5) is 5.69 Å². The number of nitrogens with one attached hydrogen (secondary N) is 2. The Morgan fingerprint density at radius 2 is 1.68 bits per heavy atom. The molecular formula is C21H26N2O2. The molecule has 0 spiro atoms. The van der Waals surface area contributed by atoms with Crippen molar-refractivity contribution in [2.75, 3.05) is 5.32 Å². The van der Waals surface area contributed by atoms with Gasteiger partial charge in [-0.3, -0.25) is 9.59 Å². The highest BCUT2D eigenvalue weighted by molar-refractivity contribution is 5.92. The molecule has 0 aromatic heterocycles. The first-order valence-electron chi connectivity index (χ1n) is 8.73. The van der Waals surface area contributed by atoms with E-state index >= 15 is 0 Å². The van der Waals surface area contributed by atoms with E-state index in [0.29, 0.717) is 6.54 Å². The fourth-order valence-electron chi connectivity index (χ4n) is 2.62. The third-order valence-corrected chi connectivity index (χ3v) is 4.11. The first-order valence-corrected chi connectivity index (χ1v) is 8.73. The SMILES string of the molecule is CC[C@@H](C(=O)NCc1cccc(NC(=O)C(C)C)c1)c1ccccc1. The van der Waals surface area contributed by atoms with Gasteiger partial charge in [0.25, 0.3) is 0 Å². The van der Waals surface area contributed by atoms with Gasteiger partial charge in [-0.05, 0) is 29.7 Å². The zero-order chi connectivity index (χ0) is 18.2. The number of carbonyl (C=O) groups is 2. The highest BCUT2D eigenvalue weighted by Crippen LogP contribution is 2.19. The lowest BCUT2D eigenvalue weighted by atomic mass is 9.95. The second-order valence-corrected chi connectivity index (χ2v) is 6.43. The maximum Gasteiger partial charge on any atom is 0.227 e. The molecule has 0 aliphatic heterocycles. The largest absolute Gasteiger partial charge is 0.351 e. The highest BCUT2D eigenvalue weighted by Gasteiger charge is 2.18. The van der Waals surface area contributed by atoms with Crippen molar-refractivity contribution in [3.8, 4) is 0 Å². The normalized spacial score (nSPS) is 11.8. The van der Waals surface area contributed by atoms with Gasteiger partial charge < -0.3 is 10.6 Å². The van der Waals surface area contributed by atoms with Crippen LogP contribution in [0.2, 0.25) is 0 Å². The summed E-state index contributed by atoms with van der Waals surface area (Å²) >= 11 is 0. The summed E-state index contributed by atoms with van der Waals surface area (Å²) < 4.78 is 0. The number of carbonyl (C=O) groups excluding carboxylic acids is 2. The Morgan fingerprint density at radius 3 is 2.32 bits per heavy atom. The van der Waals surface area contributed by atoms with E-state index in [1.165, 1.54) is 0 Å². The van der Waals surface area contributed by atoms with Gasteiger partial charge >= 0.3 is 0 Å². The van der Waals surface area contributed by atoms with E-state index in [1.807, 2.05) is 75.4 Å². The van der Waals surface area contributed by atoms with Crippen LogP contribution in [0.1, 0.15) is 44.2 Å². The molecule has 0 aliphatic rings. The van der Waals surface area contributed by atoms with Crippen LogP contribution < -0.4 is 10.6 Å². The molecule has 0 heterocycles. The molecule has 0 saturated carbocycles. The van der Waals surface area contributed by atoms with Crippen molar-refractivity contribution >= 4 is 17.5 Å². The monoisotopic (exact) mass is 338 g/mol. The van der Waals surface area contributed by atoms with Gasteiger partial charge in [0.15, 0.2) is 0 Å². The average Bonchev–Trinajstić information content (AvgIpc) is 2.62. The third kappa shape index (κ3) is 5.45. The minimum atomic E-state index is -0.148. The minimum absolute atomic E-state index is 0.0173. The smallest absolute Gasteiger partial charge is 0.227 e. The number of hydrogen-bond donors (Lipinski definition) is 2. The van der Waals surface area contributed by atoms with Gasteiger partial charge in [-0.1, -0.05) is 63.2 Å². The van der Waals surface area contributed by atoms with Gasteiger partial charge in [0, 0.05) is 18.2 Å². The fraction of sp³-hybridized carbons (Fsp3) is 0.333. The lowest BCUT2D eigenvalue weighted by Gasteiger charge is -2.16. The van der Waals surface area contributed by atoms with Crippen molar-refractivity contribution in [2.24, 2.45) is 5.92 Å². The van der Waals surface area contributed by atoms with Crippen LogP contribution in [-0.2, 0) is 16.1 Å². The molecule has 0 aliphatic carbocycles. The Hall–Kier alpha value is -2.62. The topological polar surface area (TPSA) is 58.2 Å². The molecule has 0 radical (unpaired) electrons. The van der Waals surface area contributed by atoms with E-state index in [0.717, 1.165) is 23.2 Å². The minimum Gasteiger partial charge on any atom is -0.351 e. The summed E-state index contributed by atoms with van der Waals surface area (Å²) in [5.74, 6) is -0.216. The van der Waals surface area contributed by atoms with Crippen molar-refractivity contribution in [2.45, 2.75) is 39.7 Å². The molecule has 132 valence electrons. The molecule has 0 bridgehead atoms. The Bertz CT molecular complexity index is 711. The maximum atomic E-state index is 12.5. The Morgan fingerprint density at radius 1 is 0.960 bits per heavy atom. The van der Waals surface area contributed by atoms with Gasteiger partial charge in [-0.15, -0.1) is 0 Å². The second kappa shape index (κ2) is 9.02. The zero-order valence-electron chi connectivity index (χ0n) is 15.1. The van der Waals surface area contributed by atoms with Crippen LogP contribution in [0.3, 0.4) is 0 Å². The van der Waals surface area contributed by atoms with Gasteiger partial charge in [0.1, 0.15) is 0 Å². The second-order valence-electron chi connectivity index (χ2n) is 6.43. The quantitative estimate of drug-likeness (QED) is 0.799. The summed E-state index contributed by atoms with van der Waals surface area (Å²) in [6.45, 7) is 6.16. The maximum absolute atomic E-state index is 12.5. The van der Waals surface area contributed by atoms with Gasteiger partial charge in [0.2, 0.25) is 11.8 Å². The molecule has 2 amide bonds. The molecule has 4 nitrogen and oxygen atoms in total. The van der Waals surface area contributed by atoms with Crippen molar-refractivity contribution in [1.29, 1.82) is 0 Å². The van der Waals surface area contributed by atoms with Crippen LogP contribution >= 0.6 is 0 Å². The molecule has 1 atom stereocenters. The Labute approximate surface area is 149 Å². The standard InChI is InChI=1S/C21H26N2O2/c1-4-19(17-10-6-5-7-11-17)21(25)22-14-16-9-8-12-18(13-16)23-20(24)15(2)3/h5-13,15,19H,4,14H2,1-3H3,(H,22,25)(H,23,24)/t19-/m1/s1.